The average Bonchev–Trinajstić information content (AvgIpc) is 3.29. The molecule has 0 saturated carbocycles. The molecule has 3 aliphatic rings. The predicted molar refractivity (Wildman–Crippen MR) is 132 cm³/mol. The highest BCUT2D eigenvalue weighted by atomic mass is 16.6. The van der Waals surface area contributed by atoms with Crippen molar-refractivity contribution in [3.8, 4) is 0 Å². The third-order valence-corrected chi connectivity index (χ3v) is 7.60. The number of benzene rings is 1. The van der Waals surface area contributed by atoms with Crippen molar-refractivity contribution in [1.82, 2.24) is 15.3 Å². The Morgan fingerprint density at radius 2 is 1.97 bits per heavy atom. The molecule has 2 atom stereocenters. The quantitative estimate of drug-likeness (QED) is 0.642. The maximum Gasteiger partial charge on any atom is 0.330 e. The molecule has 8 nitrogen and oxygen atoms in total. The molecule has 1 aromatic heterocycles. The van der Waals surface area contributed by atoms with E-state index < -0.39 is 23.0 Å². The number of hydrogen-bond donors (Lipinski definition) is 2. The fourth-order valence-corrected chi connectivity index (χ4v) is 6.17. The number of esters is 1. The van der Waals surface area contributed by atoms with E-state index >= 15 is 0 Å². The molecule has 5 rings (SSSR count). The van der Waals surface area contributed by atoms with Crippen molar-refractivity contribution < 1.29 is 19.4 Å². The van der Waals surface area contributed by atoms with Gasteiger partial charge in [-0.15, -0.1) is 0 Å². The van der Waals surface area contributed by atoms with Gasteiger partial charge in [0, 0.05) is 22.4 Å². The molecule has 1 fully saturated rings. The number of hydrogen-bond acceptors (Lipinski definition) is 7. The number of anilines is 2. The number of carbonyl (C=O) groups is 2. The van der Waals surface area contributed by atoms with Crippen molar-refractivity contribution in [3.05, 3.63) is 46.9 Å². The first-order valence-electron chi connectivity index (χ1n) is 12.5. The van der Waals surface area contributed by atoms with Crippen molar-refractivity contribution >= 4 is 23.4 Å². The molecule has 0 unspecified atom stereocenters. The molecule has 35 heavy (non-hydrogen) atoms. The number of carboxylic acids is 1. The van der Waals surface area contributed by atoms with Crippen LogP contribution in [0, 0.1) is 0 Å². The molecule has 3 heterocycles. The summed E-state index contributed by atoms with van der Waals surface area (Å²) in [7, 11) is 0. The Morgan fingerprint density at radius 1 is 1.23 bits per heavy atom. The minimum atomic E-state index is -0.870. The van der Waals surface area contributed by atoms with Crippen molar-refractivity contribution in [3.63, 3.8) is 0 Å². The van der Waals surface area contributed by atoms with Gasteiger partial charge in [-0.3, -0.25) is 4.79 Å². The third kappa shape index (κ3) is 4.07. The van der Waals surface area contributed by atoms with E-state index in [-0.39, 0.29) is 12.4 Å². The Morgan fingerprint density at radius 3 is 2.66 bits per heavy atom. The fourth-order valence-electron chi connectivity index (χ4n) is 6.17. The predicted octanol–water partition coefficient (Wildman–Crippen LogP) is 3.64. The van der Waals surface area contributed by atoms with Gasteiger partial charge in [-0.05, 0) is 82.7 Å². The molecule has 2 aromatic rings. The number of rotatable bonds is 4. The van der Waals surface area contributed by atoms with Crippen LogP contribution in [0.3, 0.4) is 0 Å². The number of nitrogens with zero attached hydrogens (tertiary/aromatic N) is 3. The first-order chi connectivity index (χ1) is 16.6. The number of aromatic nitrogens is 2. The Bertz CT molecular complexity index is 1170. The number of ether oxygens (including phenoxy) is 1. The van der Waals surface area contributed by atoms with E-state index in [1.807, 2.05) is 39.0 Å². The van der Waals surface area contributed by atoms with E-state index in [0.29, 0.717) is 5.92 Å². The van der Waals surface area contributed by atoms with Gasteiger partial charge in [0.2, 0.25) is 0 Å². The second kappa shape index (κ2) is 8.59. The van der Waals surface area contributed by atoms with Crippen LogP contribution in [0.25, 0.3) is 0 Å². The van der Waals surface area contributed by atoms with Gasteiger partial charge in [0.05, 0.1) is 6.42 Å². The standard InChI is InChI=1S/C27H34N4O4/c1-16-5-7-19-22(16)24(30-15-29-19)31-20-8-6-17(14-21(32)33)13-18(20)27(9-11-28-12-10-27)23(31)25(34)35-26(2,3)4/h6,8,13,15-16,23,28H,5,7,9-12,14H2,1-4H3,(H,32,33)/t16-,23+/m1/s1. The van der Waals surface area contributed by atoms with E-state index in [1.165, 1.54) is 0 Å². The number of fused-ring (bicyclic) bond motifs is 3. The van der Waals surface area contributed by atoms with Crippen molar-refractivity contribution in [2.24, 2.45) is 0 Å². The van der Waals surface area contributed by atoms with Gasteiger partial charge in [-0.1, -0.05) is 19.1 Å². The third-order valence-electron chi connectivity index (χ3n) is 7.60. The summed E-state index contributed by atoms with van der Waals surface area (Å²) in [5.41, 5.74) is 3.68. The summed E-state index contributed by atoms with van der Waals surface area (Å²) in [5.74, 6) is -0.0722. The minimum Gasteiger partial charge on any atom is -0.481 e. The number of aryl methyl sites for hydroxylation is 1. The zero-order valence-corrected chi connectivity index (χ0v) is 20.9. The first kappa shape index (κ1) is 23.7. The summed E-state index contributed by atoms with van der Waals surface area (Å²) >= 11 is 0. The zero-order chi connectivity index (χ0) is 25.0. The molecule has 0 bridgehead atoms. The second-order valence-electron chi connectivity index (χ2n) is 11.1. The van der Waals surface area contributed by atoms with Crippen LogP contribution in [0.1, 0.15) is 75.3 Å². The molecule has 1 spiro atoms. The lowest BCUT2D eigenvalue weighted by Crippen LogP contribution is -2.55. The van der Waals surface area contributed by atoms with Crippen LogP contribution in [0.2, 0.25) is 0 Å². The minimum absolute atomic E-state index is 0.0569. The second-order valence-corrected chi connectivity index (χ2v) is 11.1. The highest BCUT2D eigenvalue weighted by Gasteiger charge is 2.57. The van der Waals surface area contributed by atoms with E-state index in [2.05, 4.69) is 22.1 Å². The lowest BCUT2D eigenvalue weighted by Gasteiger charge is -2.41. The Labute approximate surface area is 206 Å². The summed E-state index contributed by atoms with van der Waals surface area (Å²) in [6.07, 6.45) is 4.95. The smallest absolute Gasteiger partial charge is 0.330 e. The zero-order valence-electron chi connectivity index (χ0n) is 20.9. The normalized spacial score (nSPS) is 22.7. The van der Waals surface area contributed by atoms with Gasteiger partial charge in [0.25, 0.3) is 0 Å². The van der Waals surface area contributed by atoms with Crippen molar-refractivity contribution in [2.45, 2.75) is 82.8 Å². The van der Waals surface area contributed by atoms with Gasteiger partial charge < -0.3 is 20.1 Å². The fraction of sp³-hybridized carbons (Fsp3) is 0.556. The van der Waals surface area contributed by atoms with E-state index in [0.717, 1.165) is 72.7 Å². The van der Waals surface area contributed by atoms with Crippen LogP contribution >= 0.6 is 0 Å². The summed E-state index contributed by atoms with van der Waals surface area (Å²) in [4.78, 5) is 36.9. The summed E-state index contributed by atoms with van der Waals surface area (Å²) < 4.78 is 6.03. The summed E-state index contributed by atoms with van der Waals surface area (Å²) in [6, 6.07) is 5.23. The lowest BCUT2D eigenvalue weighted by atomic mass is 9.69. The monoisotopic (exact) mass is 478 g/mol. The topological polar surface area (TPSA) is 105 Å². The lowest BCUT2D eigenvalue weighted by molar-refractivity contribution is -0.158. The Kier molecular flexibility index (Phi) is 5.82. The van der Waals surface area contributed by atoms with E-state index in [1.54, 1.807) is 6.33 Å². The number of aliphatic carboxylic acids is 1. The molecule has 1 aromatic carbocycles. The Balaban J connectivity index is 1.74. The van der Waals surface area contributed by atoms with E-state index in [9.17, 15) is 14.7 Å². The number of carbonyl (C=O) groups excluding carboxylic acids is 1. The van der Waals surface area contributed by atoms with Crippen LogP contribution in [-0.4, -0.2) is 51.7 Å². The molecule has 0 radical (unpaired) electrons. The molecular weight excluding hydrogens is 444 g/mol. The van der Waals surface area contributed by atoms with Crippen LogP contribution in [0.4, 0.5) is 11.5 Å². The maximum absolute atomic E-state index is 14.0. The van der Waals surface area contributed by atoms with Crippen LogP contribution in [0.5, 0.6) is 0 Å². The molecule has 8 heteroatoms. The van der Waals surface area contributed by atoms with Crippen LogP contribution in [0.15, 0.2) is 24.5 Å². The molecule has 186 valence electrons. The molecular formula is C27H34N4O4. The van der Waals surface area contributed by atoms with Gasteiger partial charge >= 0.3 is 11.9 Å². The molecule has 2 aliphatic heterocycles. The van der Waals surface area contributed by atoms with Gasteiger partial charge in [-0.2, -0.15) is 0 Å². The van der Waals surface area contributed by atoms with Crippen LogP contribution in [-0.2, 0) is 32.6 Å². The number of carboxylic acid groups (broad SMARTS) is 1. The van der Waals surface area contributed by atoms with Gasteiger partial charge in [0.1, 0.15) is 23.8 Å². The largest absolute Gasteiger partial charge is 0.481 e. The molecule has 1 saturated heterocycles. The first-order valence-corrected chi connectivity index (χ1v) is 12.5. The van der Waals surface area contributed by atoms with Gasteiger partial charge in [-0.25, -0.2) is 14.8 Å². The molecule has 1 aliphatic carbocycles. The summed E-state index contributed by atoms with van der Waals surface area (Å²) in [5, 5.41) is 12.9. The van der Waals surface area contributed by atoms with Gasteiger partial charge in [0.15, 0.2) is 0 Å². The van der Waals surface area contributed by atoms with Crippen molar-refractivity contribution in [2.75, 3.05) is 18.0 Å². The Hall–Kier alpha value is -3.00. The average molecular weight is 479 g/mol. The number of piperidine rings is 1. The SMILES string of the molecule is C[C@@H]1CCc2ncnc(N3c4ccc(CC(=O)O)cc4C4(CCNCC4)[C@@H]3C(=O)OC(C)(C)C)c21. The highest BCUT2D eigenvalue weighted by Crippen LogP contribution is 2.55. The maximum atomic E-state index is 14.0. The summed E-state index contributed by atoms with van der Waals surface area (Å²) in [6.45, 7) is 9.40. The van der Waals surface area contributed by atoms with E-state index in [4.69, 9.17) is 9.72 Å². The number of nitrogens with one attached hydrogen (secondary N) is 1. The highest BCUT2D eigenvalue weighted by molar-refractivity contribution is 5.92. The van der Waals surface area contributed by atoms with Crippen LogP contribution < -0.4 is 10.2 Å². The molecule has 2 N–H and O–H groups in total. The van der Waals surface area contributed by atoms with Crippen molar-refractivity contribution in [1.29, 1.82) is 0 Å². The molecule has 0 amide bonds.